The molecule has 0 aliphatic carbocycles. The number of nitrogens with one attached hydrogen (secondary N) is 1. The molecule has 1 N–H and O–H groups in total. The molecule has 0 radical (unpaired) electrons. The molecule has 35 heavy (non-hydrogen) atoms. The lowest BCUT2D eigenvalue weighted by molar-refractivity contribution is -0.384. The quantitative estimate of drug-likeness (QED) is 0.163. The van der Waals surface area contributed by atoms with Crippen LogP contribution in [-0.2, 0) is 14.8 Å². The summed E-state index contributed by atoms with van der Waals surface area (Å²) in [4.78, 5) is 34.5. The first-order valence-corrected chi connectivity index (χ1v) is 12.4. The topological polar surface area (TPSA) is 142 Å². The summed E-state index contributed by atoms with van der Waals surface area (Å²) >= 11 is 3.25. The molecule has 0 atom stereocenters. The third-order valence-corrected chi connectivity index (χ3v) is 6.50. The molecule has 3 aromatic rings. The number of hydrogen-bond acceptors (Lipinski definition) is 8. The molecule has 10 nitrogen and oxygen atoms in total. The monoisotopic (exact) mass is 562 g/mol. The van der Waals surface area contributed by atoms with E-state index >= 15 is 0 Å². The Bertz CT molecular complexity index is 1360. The van der Waals surface area contributed by atoms with Crippen molar-refractivity contribution in [2.24, 2.45) is 0 Å². The van der Waals surface area contributed by atoms with Gasteiger partial charge in [-0.1, -0.05) is 15.9 Å². The molecule has 0 bridgehead atoms. The highest BCUT2D eigenvalue weighted by atomic mass is 79.9. The molecule has 0 aliphatic rings. The first kappa shape index (κ1) is 25.8. The molecule has 0 amide bonds. The number of esters is 1. The van der Waals surface area contributed by atoms with Crippen LogP contribution in [0, 0.1) is 10.1 Å². The number of carbonyl (C=O) groups excluding carboxylic acids is 2. The van der Waals surface area contributed by atoms with Crippen molar-refractivity contribution in [3.05, 3.63) is 92.4 Å². The van der Waals surface area contributed by atoms with Crippen molar-refractivity contribution in [1.82, 2.24) is 0 Å². The standard InChI is InChI=1S/C23H19BrN2O8S/c1-2-33-21-12-7-17(24)13-22(21)35(31,32)25-18-8-3-16(4-9-18)23(28)34-14-20(27)15-5-10-19(11-6-15)26(29)30/h3-13,25H,2,14H2,1H3. The predicted octanol–water partition coefficient (Wildman–Crippen LogP) is 4.60. The zero-order chi connectivity index (χ0) is 25.6. The van der Waals surface area contributed by atoms with E-state index in [1.807, 2.05) is 0 Å². The van der Waals surface area contributed by atoms with E-state index in [2.05, 4.69) is 20.7 Å². The third kappa shape index (κ3) is 6.64. The smallest absolute Gasteiger partial charge is 0.338 e. The number of ketones is 1. The Kier molecular flexibility index (Phi) is 8.20. The number of rotatable bonds is 10. The first-order chi connectivity index (χ1) is 16.6. The fraction of sp³-hybridized carbons (Fsp3) is 0.130. The lowest BCUT2D eigenvalue weighted by Crippen LogP contribution is -2.15. The summed E-state index contributed by atoms with van der Waals surface area (Å²) in [5.74, 6) is -1.13. The number of hydrogen-bond donors (Lipinski definition) is 1. The Balaban J connectivity index is 1.64. The molecule has 0 heterocycles. The van der Waals surface area contributed by atoms with Gasteiger partial charge in [-0.2, -0.15) is 0 Å². The van der Waals surface area contributed by atoms with Gasteiger partial charge in [-0.05, 0) is 61.5 Å². The van der Waals surface area contributed by atoms with Gasteiger partial charge in [-0.25, -0.2) is 13.2 Å². The number of ether oxygens (including phenoxy) is 2. The summed E-state index contributed by atoms with van der Waals surface area (Å²) in [6.07, 6.45) is 0. The molecule has 0 saturated carbocycles. The van der Waals surface area contributed by atoms with Crippen LogP contribution in [0.2, 0.25) is 0 Å². The first-order valence-electron chi connectivity index (χ1n) is 10.1. The fourth-order valence-electron chi connectivity index (χ4n) is 2.92. The van der Waals surface area contributed by atoms with Crippen LogP contribution in [0.1, 0.15) is 27.6 Å². The average Bonchev–Trinajstić information content (AvgIpc) is 2.83. The number of nitrogens with zero attached hydrogens (tertiary/aromatic N) is 1. The van der Waals surface area contributed by atoms with Gasteiger partial charge in [-0.15, -0.1) is 0 Å². The molecule has 12 heteroatoms. The molecule has 0 unspecified atom stereocenters. The van der Waals surface area contributed by atoms with Gasteiger partial charge in [0, 0.05) is 27.9 Å². The number of anilines is 1. The Morgan fingerprint density at radius 3 is 2.23 bits per heavy atom. The van der Waals surface area contributed by atoms with Crippen LogP contribution in [0.15, 0.2) is 76.1 Å². The van der Waals surface area contributed by atoms with E-state index in [4.69, 9.17) is 9.47 Å². The van der Waals surface area contributed by atoms with Gasteiger partial charge in [0.2, 0.25) is 0 Å². The molecule has 0 fully saturated rings. The van der Waals surface area contributed by atoms with Crippen molar-refractivity contribution in [1.29, 1.82) is 0 Å². The molecule has 3 rings (SSSR count). The van der Waals surface area contributed by atoms with E-state index in [9.17, 15) is 28.1 Å². The highest BCUT2D eigenvalue weighted by Crippen LogP contribution is 2.29. The minimum atomic E-state index is -3.99. The molecule has 0 spiro atoms. The van der Waals surface area contributed by atoms with E-state index < -0.39 is 33.3 Å². The normalized spacial score (nSPS) is 10.9. The average molecular weight is 563 g/mol. The van der Waals surface area contributed by atoms with Crippen molar-refractivity contribution in [2.45, 2.75) is 11.8 Å². The molecular weight excluding hydrogens is 544 g/mol. The fourth-order valence-corrected chi connectivity index (χ4v) is 4.66. The zero-order valence-corrected chi connectivity index (χ0v) is 20.7. The Morgan fingerprint density at radius 2 is 1.63 bits per heavy atom. The van der Waals surface area contributed by atoms with Gasteiger partial charge in [0.25, 0.3) is 15.7 Å². The van der Waals surface area contributed by atoms with Crippen molar-refractivity contribution < 1.29 is 32.4 Å². The van der Waals surface area contributed by atoms with Crippen LogP contribution >= 0.6 is 15.9 Å². The van der Waals surface area contributed by atoms with E-state index in [1.165, 1.54) is 54.6 Å². The lowest BCUT2D eigenvalue weighted by Gasteiger charge is -2.13. The van der Waals surface area contributed by atoms with Crippen LogP contribution in [0.4, 0.5) is 11.4 Å². The largest absolute Gasteiger partial charge is 0.492 e. The Hall–Kier alpha value is -3.77. The predicted molar refractivity (Wildman–Crippen MR) is 130 cm³/mol. The highest BCUT2D eigenvalue weighted by molar-refractivity contribution is 9.10. The number of halogens is 1. The van der Waals surface area contributed by atoms with Crippen molar-refractivity contribution >= 4 is 49.1 Å². The second-order valence-corrected chi connectivity index (χ2v) is 9.58. The molecule has 0 saturated heterocycles. The van der Waals surface area contributed by atoms with Crippen LogP contribution < -0.4 is 9.46 Å². The molecule has 0 aromatic heterocycles. The maximum atomic E-state index is 12.9. The maximum Gasteiger partial charge on any atom is 0.338 e. The number of sulfonamides is 1. The van der Waals surface area contributed by atoms with Crippen LogP contribution in [0.25, 0.3) is 0 Å². The zero-order valence-electron chi connectivity index (χ0n) is 18.3. The van der Waals surface area contributed by atoms with Crippen LogP contribution in [0.5, 0.6) is 5.75 Å². The minimum absolute atomic E-state index is 0.0537. The van der Waals surface area contributed by atoms with Crippen LogP contribution in [-0.4, -0.2) is 38.3 Å². The van der Waals surface area contributed by atoms with Gasteiger partial charge >= 0.3 is 5.97 Å². The van der Waals surface area contributed by atoms with Gasteiger partial charge in [0.05, 0.1) is 17.1 Å². The SMILES string of the molecule is CCOc1ccc(Br)cc1S(=O)(=O)Nc1ccc(C(=O)OCC(=O)c2ccc([N+](=O)[O-])cc2)cc1. The van der Waals surface area contributed by atoms with E-state index in [0.717, 1.165) is 0 Å². The highest BCUT2D eigenvalue weighted by Gasteiger charge is 2.21. The van der Waals surface area contributed by atoms with Crippen LogP contribution in [0.3, 0.4) is 0 Å². The molecule has 3 aromatic carbocycles. The number of benzene rings is 3. The maximum absolute atomic E-state index is 12.9. The number of carbonyl (C=O) groups is 2. The van der Waals surface area contributed by atoms with Crippen molar-refractivity contribution in [3.63, 3.8) is 0 Å². The molecule has 182 valence electrons. The molecule has 0 aliphatic heterocycles. The Labute approximate surface area is 209 Å². The second-order valence-electron chi connectivity index (χ2n) is 7.01. The lowest BCUT2D eigenvalue weighted by atomic mass is 10.1. The van der Waals surface area contributed by atoms with Gasteiger partial charge in [-0.3, -0.25) is 19.6 Å². The number of non-ortho nitro benzene ring substituents is 1. The summed E-state index contributed by atoms with van der Waals surface area (Å²) in [5, 5.41) is 10.7. The number of nitro benzene ring substituents is 1. The Morgan fingerprint density at radius 1 is 1.00 bits per heavy atom. The van der Waals surface area contributed by atoms with Gasteiger partial charge in [0.15, 0.2) is 12.4 Å². The van der Waals surface area contributed by atoms with E-state index in [-0.39, 0.29) is 39.8 Å². The summed E-state index contributed by atoms with van der Waals surface area (Å²) in [7, 11) is -3.99. The third-order valence-electron chi connectivity index (χ3n) is 4.60. The summed E-state index contributed by atoms with van der Waals surface area (Å²) in [5.41, 5.74) is 0.295. The van der Waals surface area contributed by atoms with E-state index in [1.54, 1.807) is 19.1 Å². The summed E-state index contributed by atoms with van der Waals surface area (Å²) in [6.45, 7) is 1.46. The number of nitro groups is 1. The van der Waals surface area contributed by atoms with Crippen molar-refractivity contribution in [2.75, 3.05) is 17.9 Å². The van der Waals surface area contributed by atoms with Gasteiger partial charge in [0.1, 0.15) is 10.6 Å². The molecular formula is C23H19BrN2O8S. The summed E-state index contributed by atoms with van der Waals surface area (Å²) in [6, 6.07) is 15.0. The van der Waals surface area contributed by atoms with E-state index in [0.29, 0.717) is 4.47 Å². The number of Topliss-reactive ketones (excluding diaryl/α,β-unsaturated/α-hetero) is 1. The minimum Gasteiger partial charge on any atom is -0.492 e. The second kappa shape index (κ2) is 11.1. The summed E-state index contributed by atoms with van der Waals surface area (Å²) < 4.78 is 39.1. The van der Waals surface area contributed by atoms with Crippen molar-refractivity contribution in [3.8, 4) is 5.75 Å². The van der Waals surface area contributed by atoms with Gasteiger partial charge < -0.3 is 9.47 Å².